The lowest BCUT2D eigenvalue weighted by Crippen LogP contribution is -2.41. The van der Waals surface area contributed by atoms with Crippen LogP contribution in [0.2, 0.25) is 5.02 Å². The van der Waals surface area contributed by atoms with E-state index in [1.807, 2.05) is 45.0 Å². The molecule has 0 saturated carbocycles. The molecule has 0 aliphatic rings. The van der Waals surface area contributed by atoms with Gasteiger partial charge in [-0.2, -0.15) is 0 Å². The van der Waals surface area contributed by atoms with Crippen LogP contribution >= 0.6 is 11.6 Å². The fraction of sp³-hybridized carbons (Fsp3) is 0.312. The second-order valence-electron chi connectivity index (χ2n) is 5.71. The third-order valence-electron chi connectivity index (χ3n) is 3.43. The summed E-state index contributed by atoms with van der Waals surface area (Å²) >= 11 is 5.93. The standard InChI is InChI=1S/C16H18ClNO/c1-15(2,3)16(19,13-5-4-10-18-11-13)12-6-8-14(17)9-7-12/h4-11,19H,1-3H3. The van der Waals surface area contributed by atoms with Gasteiger partial charge in [0.2, 0.25) is 0 Å². The molecular weight excluding hydrogens is 258 g/mol. The van der Waals surface area contributed by atoms with Crippen LogP contribution in [-0.2, 0) is 5.60 Å². The molecule has 0 amide bonds. The van der Waals surface area contributed by atoms with Crippen molar-refractivity contribution in [1.82, 2.24) is 4.98 Å². The Kier molecular flexibility index (Phi) is 3.66. The average Bonchev–Trinajstić information content (AvgIpc) is 2.38. The molecule has 1 unspecified atom stereocenters. The predicted octanol–water partition coefficient (Wildman–Crippen LogP) is 4.02. The van der Waals surface area contributed by atoms with E-state index in [2.05, 4.69) is 4.98 Å². The van der Waals surface area contributed by atoms with Crippen LogP contribution in [0, 0.1) is 5.41 Å². The number of hydrogen-bond acceptors (Lipinski definition) is 2. The van der Waals surface area contributed by atoms with Crippen LogP contribution < -0.4 is 0 Å². The summed E-state index contributed by atoms with van der Waals surface area (Å²) in [7, 11) is 0. The van der Waals surface area contributed by atoms with Gasteiger partial charge in [-0.15, -0.1) is 0 Å². The first-order valence-electron chi connectivity index (χ1n) is 6.24. The van der Waals surface area contributed by atoms with Gasteiger partial charge in [0.25, 0.3) is 0 Å². The summed E-state index contributed by atoms with van der Waals surface area (Å²) in [6, 6.07) is 11.0. The molecule has 2 aromatic rings. The minimum atomic E-state index is -1.11. The zero-order chi connectivity index (χ0) is 14.1. The Labute approximate surface area is 119 Å². The van der Waals surface area contributed by atoms with E-state index in [1.165, 1.54) is 0 Å². The van der Waals surface area contributed by atoms with Gasteiger partial charge in [0.05, 0.1) is 0 Å². The van der Waals surface area contributed by atoms with Crippen molar-refractivity contribution in [2.45, 2.75) is 26.4 Å². The van der Waals surface area contributed by atoms with Gasteiger partial charge < -0.3 is 5.11 Å². The van der Waals surface area contributed by atoms with Crippen LogP contribution in [0.3, 0.4) is 0 Å². The molecular formula is C16H18ClNO. The molecule has 0 radical (unpaired) electrons. The monoisotopic (exact) mass is 275 g/mol. The smallest absolute Gasteiger partial charge is 0.121 e. The zero-order valence-corrected chi connectivity index (χ0v) is 12.1. The van der Waals surface area contributed by atoms with Crippen LogP contribution in [0.15, 0.2) is 48.8 Å². The van der Waals surface area contributed by atoms with Crippen LogP contribution in [0.1, 0.15) is 31.9 Å². The summed E-state index contributed by atoms with van der Waals surface area (Å²) in [6.45, 7) is 6.03. The Morgan fingerprint density at radius 2 is 1.63 bits per heavy atom. The number of pyridine rings is 1. The van der Waals surface area contributed by atoms with Crippen molar-refractivity contribution in [2.24, 2.45) is 5.41 Å². The third-order valence-corrected chi connectivity index (χ3v) is 3.68. The lowest BCUT2D eigenvalue weighted by molar-refractivity contribution is -0.0261. The van der Waals surface area contributed by atoms with Gasteiger partial charge in [-0.3, -0.25) is 4.98 Å². The summed E-state index contributed by atoms with van der Waals surface area (Å²) in [5.41, 5.74) is 0.123. The summed E-state index contributed by atoms with van der Waals surface area (Å²) in [6.07, 6.45) is 3.41. The minimum Gasteiger partial charge on any atom is -0.380 e. The molecule has 2 nitrogen and oxygen atoms in total. The van der Waals surface area contributed by atoms with Gasteiger partial charge in [-0.05, 0) is 29.2 Å². The van der Waals surface area contributed by atoms with Crippen molar-refractivity contribution in [3.63, 3.8) is 0 Å². The fourth-order valence-electron chi connectivity index (χ4n) is 2.30. The SMILES string of the molecule is CC(C)(C)C(O)(c1ccc(Cl)cc1)c1cccnc1. The van der Waals surface area contributed by atoms with E-state index in [-0.39, 0.29) is 5.41 Å². The van der Waals surface area contributed by atoms with Gasteiger partial charge >= 0.3 is 0 Å². The van der Waals surface area contributed by atoms with Crippen LogP contribution in [-0.4, -0.2) is 10.1 Å². The second-order valence-corrected chi connectivity index (χ2v) is 6.15. The maximum atomic E-state index is 11.3. The maximum Gasteiger partial charge on any atom is 0.121 e. The Hall–Kier alpha value is -1.38. The van der Waals surface area contributed by atoms with E-state index in [0.717, 1.165) is 11.1 Å². The highest BCUT2D eigenvalue weighted by Gasteiger charge is 2.43. The minimum absolute atomic E-state index is 0.371. The number of nitrogens with zero attached hydrogens (tertiary/aromatic N) is 1. The molecule has 0 bridgehead atoms. The summed E-state index contributed by atoms with van der Waals surface area (Å²) in [5.74, 6) is 0. The zero-order valence-electron chi connectivity index (χ0n) is 11.4. The number of benzene rings is 1. The molecule has 1 N–H and O–H groups in total. The molecule has 3 heteroatoms. The quantitative estimate of drug-likeness (QED) is 0.898. The van der Waals surface area contributed by atoms with Gasteiger partial charge in [-0.1, -0.05) is 50.6 Å². The molecule has 100 valence electrons. The molecule has 19 heavy (non-hydrogen) atoms. The van der Waals surface area contributed by atoms with E-state index in [9.17, 15) is 5.11 Å². The highest BCUT2D eigenvalue weighted by atomic mass is 35.5. The molecule has 1 atom stereocenters. The van der Waals surface area contributed by atoms with Crippen LogP contribution in [0.5, 0.6) is 0 Å². The van der Waals surface area contributed by atoms with Gasteiger partial charge in [-0.25, -0.2) is 0 Å². The summed E-state index contributed by atoms with van der Waals surface area (Å²) < 4.78 is 0. The molecule has 2 rings (SSSR count). The lowest BCUT2D eigenvalue weighted by Gasteiger charge is -2.41. The number of halogens is 1. The highest BCUT2D eigenvalue weighted by Crippen LogP contribution is 2.44. The lowest BCUT2D eigenvalue weighted by atomic mass is 9.69. The largest absolute Gasteiger partial charge is 0.380 e. The Balaban J connectivity index is 2.63. The van der Waals surface area contributed by atoms with Crippen LogP contribution in [0.4, 0.5) is 0 Å². The summed E-state index contributed by atoms with van der Waals surface area (Å²) in [5, 5.41) is 12.0. The first-order chi connectivity index (χ1) is 8.85. The van der Waals surface area contributed by atoms with Crippen molar-refractivity contribution in [3.05, 3.63) is 64.9 Å². The third kappa shape index (κ3) is 2.51. The van der Waals surface area contributed by atoms with Crippen LogP contribution in [0.25, 0.3) is 0 Å². The van der Waals surface area contributed by atoms with Gasteiger partial charge in [0.15, 0.2) is 0 Å². The van der Waals surface area contributed by atoms with Crippen molar-refractivity contribution in [1.29, 1.82) is 0 Å². The predicted molar refractivity (Wildman–Crippen MR) is 78.1 cm³/mol. The van der Waals surface area contributed by atoms with Gasteiger partial charge in [0.1, 0.15) is 5.60 Å². The van der Waals surface area contributed by atoms with Crippen molar-refractivity contribution >= 4 is 11.6 Å². The molecule has 0 spiro atoms. The Bertz CT molecular complexity index is 545. The number of rotatable bonds is 2. The van der Waals surface area contributed by atoms with Crippen molar-refractivity contribution < 1.29 is 5.11 Å². The molecule has 0 aliphatic heterocycles. The highest BCUT2D eigenvalue weighted by molar-refractivity contribution is 6.30. The second kappa shape index (κ2) is 4.95. The number of hydrogen-bond donors (Lipinski definition) is 1. The average molecular weight is 276 g/mol. The normalized spacial score (nSPS) is 15.0. The van der Waals surface area contributed by atoms with Crippen molar-refractivity contribution in [3.8, 4) is 0 Å². The Morgan fingerprint density at radius 3 is 2.11 bits per heavy atom. The van der Waals surface area contributed by atoms with E-state index in [4.69, 9.17) is 11.6 Å². The molecule has 0 aliphatic carbocycles. The summed E-state index contributed by atoms with van der Waals surface area (Å²) in [4.78, 5) is 4.12. The number of aromatic nitrogens is 1. The molecule has 0 fully saturated rings. The first kappa shape index (κ1) is 14.0. The van der Waals surface area contributed by atoms with E-state index >= 15 is 0 Å². The number of aliphatic hydroxyl groups is 1. The first-order valence-corrected chi connectivity index (χ1v) is 6.62. The molecule has 1 heterocycles. The topological polar surface area (TPSA) is 33.1 Å². The fourth-order valence-corrected chi connectivity index (χ4v) is 2.43. The molecule has 1 aromatic heterocycles. The van der Waals surface area contributed by atoms with E-state index in [0.29, 0.717) is 5.02 Å². The molecule has 0 saturated heterocycles. The Morgan fingerprint density at radius 1 is 1.00 bits per heavy atom. The van der Waals surface area contributed by atoms with E-state index < -0.39 is 5.60 Å². The van der Waals surface area contributed by atoms with Gasteiger partial charge in [0, 0.05) is 23.0 Å². The maximum absolute atomic E-state index is 11.3. The van der Waals surface area contributed by atoms with Crippen molar-refractivity contribution in [2.75, 3.05) is 0 Å². The molecule has 1 aromatic carbocycles. The van der Waals surface area contributed by atoms with E-state index in [1.54, 1.807) is 24.5 Å².